The molecule has 8 heteroatoms. The third-order valence-corrected chi connectivity index (χ3v) is 3.48. The molecule has 1 aromatic carbocycles. The number of carbonyl (C=O) groups is 2. The van der Waals surface area contributed by atoms with Gasteiger partial charge in [0.15, 0.2) is 0 Å². The summed E-state index contributed by atoms with van der Waals surface area (Å²) in [5, 5.41) is 19.4. The summed E-state index contributed by atoms with van der Waals surface area (Å²) in [5.74, 6) is -2.01. The zero-order chi connectivity index (χ0) is 17.1. The molecule has 1 aromatic heterocycles. The van der Waals surface area contributed by atoms with Gasteiger partial charge in [-0.15, -0.1) is 5.10 Å². The highest BCUT2D eigenvalue weighted by Crippen LogP contribution is 2.16. The van der Waals surface area contributed by atoms with Gasteiger partial charge >= 0.3 is 5.97 Å². The van der Waals surface area contributed by atoms with Crippen molar-refractivity contribution in [2.24, 2.45) is 5.92 Å². The van der Waals surface area contributed by atoms with E-state index >= 15 is 0 Å². The van der Waals surface area contributed by atoms with E-state index in [-0.39, 0.29) is 5.92 Å². The zero-order valence-electron chi connectivity index (χ0n) is 13.1. The highest BCUT2D eigenvalue weighted by atomic mass is 16.4. The Balaban J connectivity index is 2.46. The molecule has 0 saturated heterocycles. The maximum Gasteiger partial charge on any atom is 0.325 e. The molecule has 0 bridgehead atoms. The maximum atomic E-state index is 12.6. The van der Waals surface area contributed by atoms with E-state index in [1.807, 2.05) is 0 Å². The van der Waals surface area contributed by atoms with Crippen LogP contribution in [-0.2, 0) is 9.59 Å². The van der Waals surface area contributed by atoms with Gasteiger partial charge in [0, 0.05) is 0 Å². The second-order valence-corrected chi connectivity index (χ2v) is 5.61. The Morgan fingerprint density at radius 1 is 1.22 bits per heavy atom. The average Bonchev–Trinajstić information content (AvgIpc) is 2.49. The fourth-order valence-corrected chi connectivity index (χ4v) is 2.24. The number of aliphatic carboxylic acids is 1. The van der Waals surface area contributed by atoms with Crippen LogP contribution in [0.2, 0.25) is 0 Å². The normalized spacial score (nSPS) is 13.7. The standard InChI is InChI=1S/C15H18N4O4/c1-8(2)12(13(20)16-9(3)15(22)23)19-14(21)10-6-4-5-7-11(10)17-18-19/h4-9,12H,1-3H3,(H,16,20)(H,22,23)/t9-,12+/m0/s1. The molecule has 2 atom stereocenters. The van der Waals surface area contributed by atoms with Crippen molar-refractivity contribution < 1.29 is 14.7 Å². The number of nitrogens with zero attached hydrogens (tertiary/aromatic N) is 3. The molecule has 0 aliphatic rings. The Labute approximate surface area is 132 Å². The third kappa shape index (κ3) is 3.36. The van der Waals surface area contributed by atoms with E-state index in [1.165, 1.54) is 6.92 Å². The largest absolute Gasteiger partial charge is 0.480 e. The highest BCUT2D eigenvalue weighted by molar-refractivity contribution is 5.86. The van der Waals surface area contributed by atoms with Crippen LogP contribution < -0.4 is 10.9 Å². The van der Waals surface area contributed by atoms with Crippen LogP contribution in [0.4, 0.5) is 0 Å². The van der Waals surface area contributed by atoms with Gasteiger partial charge in [0.1, 0.15) is 17.6 Å². The molecule has 0 spiro atoms. The molecular weight excluding hydrogens is 300 g/mol. The zero-order valence-corrected chi connectivity index (χ0v) is 13.1. The van der Waals surface area contributed by atoms with Gasteiger partial charge in [0.05, 0.1) is 5.39 Å². The summed E-state index contributed by atoms with van der Waals surface area (Å²) in [6.07, 6.45) is 0. The number of carbonyl (C=O) groups excluding carboxylic acids is 1. The number of hydrogen-bond acceptors (Lipinski definition) is 5. The minimum atomic E-state index is -1.15. The molecule has 0 saturated carbocycles. The molecule has 2 N–H and O–H groups in total. The summed E-state index contributed by atoms with van der Waals surface area (Å²) in [4.78, 5) is 35.8. The van der Waals surface area contributed by atoms with Crippen molar-refractivity contribution in [3.8, 4) is 0 Å². The average molecular weight is 318 g/mol. The number of carboxylic acid groups (broad SMARTS) is 1. The summed E-state index contributed by atoms with van der Waals surface area (Å²) in [6, 6.07) is 4.70. The minimum Gasteiger partial charge on any atom is -0.480 e. The van der Waals surface area contributed by atoms with Gasteiger partial charge < -0.3 is 10.4 Å². The molecule has 0 fully saturated rings. The Hall–Kier alpha value is -2.77. The van der Waals surface area contributed by atoms with Crippen LogP contribution in [0.1, 0.15) is 26.8 Å². The van der Waals surface area contributed by atoms with E-state index in [1.54, 1.807) is 38.1 Å². The Bertz CT molecular complexity index is 799. The molecule has 1 heterocycles. The molecule has 23 heavy (non-hydrogen) atoms. The molecule has 2 rings (SSSR count). The smallest absolute Gasteiger partial charge is 0.325 e. The second-order valence-electron chi connectivity index (χ2n) is 5.61. The van der Waals surface area contributed by atoms with Crippen LogP contribution in [0.15, 0.2) is 29.1 Å². The summed E-state index contributed by atoms with van der Waals surface area (Å²) >= 11 is 0. The van der Waals surface area contributed by atoms with Crippen molar-refractivity contribution in [1.29, 1.82) is 0 Å². The number of amides is 1. The fraction of sp³-hybridized carbons (Fsp3) is 0.400. The lowest BCUT2D eigenvalue weighted by molar-refractivity contribution is -0.142. The molecule has 0 aliphatic carbocycles. The fourth-order valence-electron chi connectivity index (χ4n) is 2.24. The first kappa shape index (κ1) is 16.6. The predicted molar refractivity (Wildman–Crippen MR) is 82.9 cm³/mol. The Morgan fingerprint density at radius 3 is 2.48 bits per heavy atom. The molecule has 1 amide bonds. The van der Waals surface area contributed by atoms with Gasteiger partial charge in [-0.1, -0.05) is 31.2 Å². The SMILES string of the molecule is CC(C)[C@H](C(=O)N[C@@H](C)C(=O)O)n1nnc2ccccc2c1=O. The van der Waals surface area contributed by atoms with E-state index < -0.39 is 29.5 Å². The Kier molecular flexibility index (Phi) is 4.73. The van der Waals surface area contributed by atoms with Crippen LogP contribution in [-0.4, -0.2) is 38.0 Å². The van der Waals surface area contributed by atoms with Crippen LogP contribution in [0.3, 0.4) is 0 Å². The summed E-state index contributed by atoms with van der Waals surface area (Å²) in [6.45, 7) is 4.85. The summed E-state index contributed by atoms with van der Waals surface area (Å²) in [7, 11) is 0. The first-order valence-electron chi connectivity index (χ1n) is 7.20. The number of fused-ring (bicyclic) bond motifs is 1. The van der Waals surface area contributed by atoms with E-state index in [0.29, 0.717) is 10.9 Å². The molecule has 8 nitrogen and oxygen atoms in total. The Morgan fingerprint density at radius 2 is 1.87 bits per heavy atom. The minimum absolute atomic E-state index is 0.274. The topological polar surface area (TPSA) is 114 Å². The highest BCUT2D eigenvalue weighted by Gasteiger charge is 2.29. The molecule has 0 aliphatic heterocycles. The maximum absolute atomic E-state index is 12.6. The number of benzene rings is 1. The summed E-state index contributed by atoms with van der Waals surface area (Å²) < 4.78 is 1.01. The van der Waals surface area contributed by atoms with Crippen molar-refractivity contribution >= 4 is 22.8 Å². The third-order valence-electron chi connectivity index (χ3n) is 3.48. The van der Waals surface area contributed by atoms with Gasteiger partial charge in [-0.05, 0) is 25.0 Å². The quantitative estimate of drug-likeness (QED) is 0.833. The van der Waals surface area contributed by atoms with E-state index in [0.717, 1.165) is 4.68 Å². The van der Waals surface area contributed by atoms with Gasteiger partial charge in [0.2, 0.25) is 5.91 Å². The molecule has 2 aromatic rings. The van der Waals surface area contributed by atoms with E-state index in [9.17, 15) is 14.4 Å². The van der Waals surface area contributed by atoms with Gasteiger partial charge in [0.25, 0.3) is 5.56 Å². The molecular formula is C15H18N4O4. The van der Waals surface area contributed by atoms with Crippen molar-refractivity contribution in [3.63, 3.8) is 0 Å². The number of rotatable bonds is 5. The lowest BCUT2D eigenvalue weighted by Crippen LogP contribution is -2.46. The van der Waals surface area contributed by atoms with Crippen LogP contribution in [0, 0.1) is 5.92 Å². The molecule has 0 unspecified atom stereocenters. The number of aromatic nitrogens is 3. The summed E-state index contributed by atoms with van der Waals surface area (Å²) in [5.41, 5.74) is 0.00277. The first-order valence-corrected chi connectivity index (χ1v) is 7.20. The van der Waals surface area contributed by atoms with Crippen LogP contribution in [0.5, 0.6) is 0 Å². The second kappa shape index (κ2) is 6.55. The predicted octanol–water partition coefficient (Wildman–Crippen LogP) is 0.578. The monoisotopic (exact) mass is 318 g/mol. The van der Waals surface area contributed by atoms with Crippen molar-refractivity contribution in [1.82, 2.24) is 20.3 Å². The van der Waals surface area contributed by atoms with Gasteiger partial charge in [-0.3, -0.25) is 14.4 Å². The van der Waals surface area contributed by atoms with Crippen LogP contribution >= 0.6 is 0 Å². The number of nitrogens with one attached hydrogen (secondary N) is 1. The van der Waals surface area contributed by atoms with E-state index in [4.69, 9.17) is 5.11 Å². The van der Waals surface area contributed by atoms with Gasteiger partial charge in [-0.25, -0.2) is 0 Å². The lowest BCUT2D eigenvalue weighted by atomic mass is 10.0. The van der Waals surface area contributed by atoms with Crippen LogP contribution in [0.25, 0.3) is 10.9 Å². The molecule has 122 valence electrons. The van der Waals surface area contributed by atoms with E-state index in [2.05, 4.69) is 15.6 Å². The van der Waals surface area contributed by atoms with Crippen molar-refractivity contribution in [3.05, 3.63) is 34.6 Å². The van der Waals surface area contributed by atoms with Crippen molar-refractivity contribution in [2.45, 2.75) is 32.9 Å². The lowest BCUT2D eigenvalue weighted by Gasteiger charge is -2.22. The van der Waals surface area contributed by atoms with Gasteiger partial charge in [-0.2, -0.15) is 4.68 Å². The number of hydrogen-bond donors (Lipinski definition) is 2. The van der Waals surface area contributed by atoms with Crippen molar-refractivity contribution in [2.75, 3.05) is 0 Å². The first-order chi connectivity index (χ1) is 10.8. The number of carboxylic acids is 1. The molecule has 0 radical (unpaired) electrons.